The Morgan fingerprint density at radius 3 is 2.59 bits per heavy atom. The van der Waals surface area contributed by atoms with Crippen molar-refractivity contribution in [2.45, 2.75) is 51.0 Å². The summed E-state index contributed by atoms with van der Waals surface area (Å²) in [5, 5.41) is 0. The van der Waals surface area contributed by atoms with Crippen LogP contribution in [-0.2, 0) is 17.9 Å². The average molecular weight is 449 g/mol. The van der Waals surface area contributed by atoms with Crippen LogP contribution in [0.25, 0.3) is 0 Å². The molecule has 2 aliphatic rings. The van der Waals surface area contributed by atoms with Crippen molar-refractivity contribution in [2.75, 3.05) is 13.2 Å². The number of hydrogen-bond donors (Lipinski definition) is 0. The van der Waals surface area contributed by atoms with Gasteiger partial charge in [0.05, 0.1) is 30.2 Å². The lowest BCUT2D eigenvalue weighted by atomic mass is 9.58. The van der Waals surface area contributed by atoms with Crippen molar-refractivity contribution in [3.63, 3.8) is 0 Å². The maximum absolute atomic E-state index is 13.4. The number of benzene rings is 1. The number of likely N-dealkylation sites (tertiary alicyclic amines) is 1. The van der Waals surface area contributed by atoms with E-state index >= 15 is 0 Å². The predicted octanol–water partition coefficient (Wildman–Crippen LogP) is 3.93. The maximum atomic E-state index is 13.4. The molecular formula is C22H22BF4N2O3. The van der Waals surface area contributed by atoms with E-state index in [1.54, 1.807) is 23.6 Å². The summed E-state index contributed by atoms with van der Waals surface area (Å²) >= 11 is 0. The van der Waals surface area contributed by atoms with Gasteiger partial charge in [-0.1, -0.05) is 24.6 Å². The highest BCUT2D eigenvalue weighted by molar-refractivity contribution is 6.78. The normalized spacial score (nSPS) is 19.5. The fraction of sp³-hybridized carbons (Fsp3) is 0.455. The monoisotopic (exact) mass is 449 g/mol. The smallest absolute Gasteiger partial charge is 0.373 e. The zero-order valence-electron chi connectivity index (χ0n) is 17.5. The predicted molar refractivity (Wildman–Crippen MR) is 109 cm³/mol. The molecule has 0 aliphatic carbocycles. The first kappa shape index (κ1) is 22.6. The first-order valence-electron chi connectivity index (χ1n) is 10.5. The first-order chi connectivity index (χ1) is 15.2. The molecule has 0 spiro atoms. The van der Waals surface area contributed by atoms with Crippen LogP contribution in [0.4, 0.5) is 17.6 Å². The third kappa shape index (κ3) is 4.33. The van der Waals surface area contributed by atoms with Gasteiger partial charge in [0.15, 0.2) is 0 Å². The highest BCUT2D eigenvalue weighted by Crippen LogP contribution is 2.35. The molecule has 3 heterocycles. The molecule has 1 aromatic heterocycles. The van der Waals surface area contributed by atoms with E-state index in [0.29, 0.717) is 18.8 Å². The van der Waals surface area contributed by atoms with Crippen LogP contribution >= 0.6 is 0 Å². The third-order valence-corrected chi connectivity index (χ3v) is 6.08. The molecule has 1 saturated heterocycles. The third-order valence-electron chi connectivity index (χ3n) is 6.08. The van der Waals surface area contributed by atoms with E-state index in [1.807, 2.05) is 0 Å². The minimum atomic E-state index is -4.50. The number of carbonyl (C=O) groups is 2. The molecule has 2 aromatic rings. The van der Waals surface area contributed by atoms with Gasteiger partial charge in [0, 0.05) is 13.1 Å². The van der Waals surface area contributed by atoms with E-state index in [9.17, 15) is 27.2 Å². The number of hydrogen-bond acceptors (Lipinski definition) is 3. The Morgan fingerprint density at radius 2 is 1.91 bits per heavy atom. The van der Waals surface area contributed by atoms with Crippen molar-refractivity contribution in [1.82, 2.24) is 9.47 Å². The van der Waals surface area contributed by atoms with Crippen LogP contribution in [-0.4, -0.2) is 53.7 Å². The summed E-state index contributed by atoms with van der Waals surface area (Å²) in [6.07, 6.45) is -4.35. The van der Waals surface area contributed by atoms with E-state index in [1.165, 1.54) is 25.5 Å². The highest BCUT2D eigenvalue weighted by atomic mass is 19.4. The molecule has 2 atom stereocenters. The molecule has 0 N–H and O–H groups in total. The topological polar surface area (TPSA) is 51.5 Å². The zero-order chi connectivity index (χ0) is 23.0. The second-order valence-electron chi connectivity index (χ2n) is 8.16. The van der Waals surface area contributed by atoms with E-state index in [4.69, 9.17) is 4.74 Å². The molecule has 32 heavy (non-hydrogen) atoms. The molecule has 1 radical (unpaired) electrons. The summed E-state index contributed by atoms with van der Waals surface area (Å²) < 4.78 is 60.4. The summed E-state index contributed by atoms with van der Waals surface area (Å²) in [5.74, 6) is -1.43. The van der Waals surface area contributed by atoms with Crippen molar-refractivity contribution in [2.24, 2.45) is 0 Å². The molecule has 1 aromatic carbocycles. The van der Waals surface area contributed by atoms with Crippen molar-refractivity contribution in [1.29, 1.82) is 0 Å². The summed E-state index contributed by atoms with van der Waals surface area (Å²) in [5.41, 5.74) is 1.13. The Balaban J connectivity index is 1.61. The van der Waals surface area contributed by atoms with Gasteiger partial charge < -0.3 is 19.0 Å². The number of rotatable bonds is 5. The van der Waals surface area contributed by atoms with Gasteiger partial charge in [-0.3, -0.25) is 4.79 Å². The summed E-state index contributed by atoms with van der Waals surface area (Å²) in [7, 11) is 1.47. The Hall–Kier alpha value is -2.62. The second kappa shape index (κ2) is 8.73. The molecule has 0 saturated carbocycles. The van der Waals surface area contributed by atoms with Gasteiger partial charge >= 0.3 is 6.18 Å². The van der Waals surface area contributed by atoms with E-state index < -0.39 is 18.1 Å². The number of fused-ring (bicyclic) bond motifs is 1. The molecule has 1 amide bonds. The number of amides is 1. The fourth-order valence-electron chi connectivity index (χ4n) is 4.39. The standard InChI is InChI=1S/C22H22BF4N2O3/c1-13(14-4-6-15(24)7-5-14)23-20(30)17-11-16(18-12-32-10-9-28(17)18)21(31)29-8-2-3-19(29)22(25,26)27/h4-7,11,13,19H,2-3,8-10,12H2,1H3/t13-,19-/m1/s1. The molecule has 2 aliphatic heterocycles. The number of ether oxygens (including phenoxy) is 1. The number of carbonyl (C=O) groups excluding carboxylic acids is 2. The van der Waals surface area contributed by atoms with Gasteiger partial charge in [-0.15, -0.1) is 0 Å². The molecule has 0 unspecified atom stereocenters. The van der Waals surface area contributed by atoms with Gasteiger partial charge in [-0.05, 0) is 36.9 Å². The molecular weight excluding hydrogens is 427 g/mol. The van der Waals surface area contributed by atoms with Gasteiger partial charge in [0.1, 0.15) is 17.5 Å². The highest BCUT2D eigenvalue weighted by Gasteiger charge is 2.48. The lowest BCUT2D eigenvalue weighted by molar-refractivity contribution is -0.169. The van der Waals surface area contributed by atoms with Crippen LogP contribution < -0.4 is 0 Å². The van der Waals surface area contributed by atoms with Crippen LogP contribution in [0.5, 0.6) is 0 Å². The lowest BCUT2D eigenvalue weighted by Gasteiger charge is -2.27. The van der Waals surface area contributed by atoms with E-state index in [-0.39, 0.29) is 54.6 Å². The summed E-state index contributed by atoms with van der Waals surface area (Å²) in [6.45, 7) is 2.51. The number of alkyl halides is 3. The number of halogens is 4. The summed E-state index contributed by atoms with van der Waals surface area (Å²) in [4.78, 5) is 27.0. The molecule has 4 rings (SSSR count). The molecule has 169 valence electrons. The van der Waals surface area contributed by atoms with Crippen molar-refractivity contribution < 1.29 is 31.9 Å². The minimum absolute atomic E-state index is 0.0193. The molecule has 5 nitrogen and oxygen atoms in total. The number of nitrogens with zero attached hydrogens (tertiary/aromatic N) is 2. The largest absolute Gasteiger partial charge is 0.408 e. The van der Waals surface area contributed by atoms with E-state index in [0.717, 1.165) is 10.5 Å². The Kier molecular flexibility index (Phi) is 6.16. The van der Waals surface area contributed by atoms with Gasteiger partial charge in [0.2, 0.25) is 7.28 Å². The SMILES string of the molecule is C[C@@H]([B]C(=O)c1cc(C(=O)N2CCC[C@@H]2C(F)(F)F)c2n1CCOC2)c1ccc(F)cc1. The minimum Gasteiger partial charge on any atom is -0.373 e. The quantitative estimate of drug-likeness (QED) is 0.514. The van der Waals surface area contributed by atoms with Gasteiger partial charge in [0.25, 0.3) is 5.91 Å². The van der Waals surface area contributed by atoms with Crippen molar-refractivity contribution in [3.8, 4) is 0 Å². The van der Waals surface area contributed by atoms with Gasteiger partial charge in [-0.2, -0.15) is 13.2 Å². The van der Waals surface area contributed by atoms with Crippen LogP contribution in [0.3, 0.4) is 0 Å². The molecule has 0 bridgehead atoms. The second-order valence-corrected chi connectivity index (χ2v) is 8.16. The van der Waals surface area contributed by atoms with Crippen molar-refractivity contribution >= 4 is 18.9 Å². The first-order valence-corrected chi connectivity index (χ1v) is 10.5. The summed E-state index contributed by atoms with van der Waals surface area (Å²) in [6, 6.07) is 5.36. The Morgan fingerprint density at radius 1 is 1.19 bits per heavy atom. The van der Waals surface area contributed by atoms with Crippen LogP contribution in [0, 0.1) is 5.82 Å². The molecule has 1 fully saturated rings. The van der Waals surface area contributed by atoms with Gasteiger partial charge in [-0.25, -0.2) is 4.39 Å². The van der Waals surface area contributed by atoms with E-state index in [2.05, 4.69) is 0 Å². The number of aromatic nitrogens is 1. The average Bonchev–Trinajstić information content (AvgIpc) is 3.39. The Labute approximate surface area is 183 Å². The zero-order valence-corrected chi connectivity index (χ0v) is 17.5. The van der Waals surface area contributed by atoms with Crippen molar-refractivity contribution in [3.05, 3.63) is 58.7 Å². The van der Waals surface area contributed by atoms with Crippen LogP contribution in [0.15, 0.2) is 30.3 Å². The lowest BCUT2D eigenvalue weighted by Crippen LogP contribution is -2.44. The fourth-order valence-corrected chi connectivity index (χ4v) is 4.39. The Bertz CT molecular complexity index is 1020. The molecule has 10 heteroatoms. The van der Waals surface area contributed by atoms with Crippen LogP contribution in [0.2, 0.25) is 0 Å². The maximum Gasteiger partial charge on any atom is 0.408 e. The van der Waals surface area contributed by atoms with Crippen LogP contribution in [0.1, 0.15) is 57.7 Å².